The minimum Gasteiger partial charge on any atom is -0.298 e. The highest BCUT2D eigenvalue weighted by Gasteiger charge is 1.99. The number of halogens is 1. The Morgan fingerprint density at radius 2 is 2.33 bits per heavy atom. The highest BCUT2D eigenvalue weighted by atomic mass is 79.9. The quantitative estimate of drug-likeness (QED) is 0.576. The second-order valence-corrected chi connectivity index (χ2v) is 4.70. The zero-order chi connectivity index (χ0) is 9.14. The predicted octanol–water partition coefficient (Wildman–Crippen LogP) is 3.42. The van der Waals surface area contributed by atoms with Gasteiger partial charge in [-0.05, 0) is 47.5 Å². The molecule has 0 spiro atoms. The molecule has 0 fully saturated rings. The van der Waals surface area contributed by atoms with Gasteiger partial charge in [0.15, 0.2) is 0 Å². The minimum atomic E-state index is 0.753. The number of thiophene rings is 1. The van der Waals surface area contributed by atoms with E-state index in [9.17, 15) is 4.79 Å². The molecule has 0 unspecified atom stereocenters. The van der Waals surface area contributed by atoms with Crippen LogP contribution in [0.25, 0.3) is 6.08 Å². The molecule has 0 saturated carbocycles. The Labute approximate surface area is 84.2 Å². The average Bonchev–Trinajstić information content (AvgIpc) is 2.31. The van der Waals surface area contributed by atoms with Crippen LogP contribution in [-0.2, 0) is 4.79 Å². The summed E-state index contributed by atoms with van der Waals surface area (Å²) in [5.74, 6) is 0. The zero-order valence-corrected chi connectivity index (χ0v) is 9.33. The van der Waals surface area contributed by atoms with Crippen molar-refractivity contribution in [1.82, 2.24) is 0 Å². The SMILES string of the molecule is C/C(C=O)=C\c1cc(Br)c(C)s1. The van der Waals surface area contributed by atoms with Gasteiger partial charge in [-0.25, -0.2) is 0 Å². The van der Waals surface area contributed by atoms with Crippen molar-refractivity contribution in [1.29, 1.82) is 0 Å². The smallest absolute Gasteiger partial charge is 0.145 e. The highest BCUT2D eigenvalue weighted by Crippen LogP contribution is 2.27. The Kier molecular flexibility index (Phi) is 3.23. The molecule has 64 valence electrons. The maximum atomic E-state index is 10.3. The monoisotopic (exact) mass is 244 g/mol. The van der Waals surface area contributed by atoms with E-state index in [0.717, 1.165) is 21.2 Å². The third-order valence-electron chi connectivity index (χ3n) is 1.43. The molecule has 1 aromatic rings. The summed E-state index contributed by atoms with van der Waals surface area (Å²) in [7, 11) is 0. The first-order valence-corrected chi connectivity index (χ1v) is 5.14. The van der Waals surface area contributed by atoms with Gasteiger partial charge in [0, 0.05) is 14.2 Å². The highest BCUT2D eigenvalue weighted by molar-refractivity contribution is 9.10. The van der Waals surface area contributed by atoms with E-state index in [0.29, 0.717) is 0 Å². The van der Waals surface area contributed by atoms with Crippen molar-refractivity contribution in [3.63, 3.8) is 0 Å². The molecule has 1 heterocycles. The lowest BCUT2D eigenvalue weighted by molar-refractivity contribution is -0.104. The van der Waals surface area contributed by atoms with Crippen molar-refractivity contribution in [2.45, 2.75) is 13.8 Å². The first kappa shape index (κ1) is 9.68. The van der Waals surface area contributed by atoms with Crippen LogP contribution in [0.15, 0.2) is 16.1 Å². The fourth-order valence-electron chi connectivity index (χ4n) is 0.811. The number of aryl methyl sites for hydroxylation is 1. The van der Waals surface area contributed by atoms with Gasteiger partial charge >= 0.3 is 0 Å². The van der Waals surface area contributed by atoms with E-state index in [1.54, 1.807) is 18.3 Å². The molecule has 0 atom stereocenters. The van der Waals surface area contributed by atoms with E-state index in [1.807, 2.05) is 19.1 Å². The van der Waals surface area contributed by atoms with Gasteiger partial charge in [0.05, 0.1) is 0 Å². The summed E-state index contributed by atoms with van der Waals surface area (Å²) in [4.78, 5) is 12.7. The molecule has 0 amide bonds. The Hall–Kier alpha value is -0.410. The van der Waals surface area contributed by atoms with Crippen LogP contribution in [0, 0.1) is 6.92 Å². The van der Waals surface area contributed by atoms with E-state index < -0.39 is 0 Å². The average molecular weight is 245 g/mol. The van der Waals surface area contributed by atoms with Crippen molar-refractivity contribution in [3.05, 3.63) is 25.9 Å². The molecule has 0 aliphatic rings. The molecular weight excluding hydrogens is 236 g/mol. The van der Waals surface area contributed by atoms with Crippen LogP contribution in [-0.4, -0.2) is 6.29 Å². The summed E-state index contributed by atoms with van der Waals surface area (Å²) in [6.45, 7) is 3.85. The molecule has 1 nitrogen and oxygen atoms in total. The van der Waals surface area contributed by atoms with Crippen molar-refractivity contribution >= 4 is 39.6 Å². The lowest BCUT2D eigenvalue weighted by Gasteiger charge is -1.84. The summed E-state index contributed by atoms with van der Waals surface area (Å²) in [6.07, 6.45) is 2.75. The second-order valence-electron chi connectivity index (χ2n) is 2.56. The number of carbonyl (C=O) groups is 1. The topological polar surface area (TPSA) is 17.1 Å². The third-order valence-corrected chi connectivity index (χ3v) is 3.52. The second kappa shape index (κ2) is 4.01. The molecule has 0 aliphatic carbocycles. The first-order chi connectivity index (χ1) is 5.63. The van der Waals surface area contributed by atoms with Crippen molar-refractivity contribution < 1.29 is 4.79 Å². The summed E-state index contributed by atoms with van der Waals surface area (Å²) in [5.41, 5.74) is 0.753. The Bertz CT molecular complexity index is 306. The summed E-state index contributed by atoms with van der Waals surface area (Å²) < 4.78 is 1.11. The van der Waals surface area contributed by atoms with Crippen molar-refractivity contribution in [2.24, 2.45) is 0 Å². The van der Waals surface area contributed by atoms with E-state index in [-0.39, 0.29) is 0 Å². The van der Waals surface area contributed by atoms with Gasteiger partial charge in [0.2, 0.25) is 0 Å². The predicted molar refractivity (Wildman–Crippen MR) is 56.5 cm³/mol. The summed E-state index contributed by atoms with van der Waals surface area (Å²) in [5, 5.41) is 0. The fraction of sp³-hybridized carbons (Fsp3) is 0.222. The third kappa shape index (κ3) is 2.29. The standard InChI is InChI=1S/C9H9BrOS/c1-6(5-11)3-8-4-9(10)7(2)12-8/h3-5H,1-2H3/b6-3+. The van der Waals surface area contributed by atoms with Crippen LogP contribution in [0.4, 0.5) is 0 Å². The first-order valence-electron chi connectivity index (χ1n) is 3.53. The van der Waals surface area contributed by atoms with Gasteiger partial charge in [-0.1, -0.05) is 0 Å². The van der Waals surface area contributed by atoms with Crippen LogP contribution in [0.5, 0.6) is 0 Å². The molecule has 3 heteroatoms. The van der Waals surface area contributed by atoms with E-state index in [4.69, 9.17) is 0 Å². The number of carbonyl (C=O) groups excluding carboxylic acids is 1. The maximum absolute atomic E-state index is 10.3. The van der Waals surface area contributed by atoms with Gasteiger partial charge < -0.3 is 0 Å². The largest absolute Gasteiger partial charge is 0.298 e. The molecule has 0 saturated heterocycles. The summed E-state index contributed by atoms with van der Waals surface area (Å²) >= 11 is 5.10. The molecule has 0 bridgehead atoms. The van der Waals surface area contributed by atoms with E-state index >= 15 is 0 Å². The molecule has 1 aromatic heterocycles. The van der Waals surface area contributed by atoms with Gasteiger partial charge in [-0.2, -0.15) is 0 Å². The van der Waals surface area contributed by atoms with Gasteiger partial charge in [0.25, 0.3) is 0 Å². The molecule has 1 rings (SSSR count). The lowest BCUT2D eigenvalue weighted by atomic mass is 10.3. The normalized spacial score (nSPS) is 11.8. The van der Waals surface area contributed by atoms with Crippen molar-refractivity contribution in [3.8, 4) is 0 Å². The molecular formula is C9H9BrOS. The van der Waals surface area contributed by atoms with Crippen LogP contribution in [0.2, 0.25) is 0 Å². The van der Waals surface area contributed by atoms with Gasteiger partial charge in [-0.3, -0.25) is 4.79 Å². The van der Waals surface area contributed by atoms with Gasteiger partial charge in [-0.15, -0.1) is 11.3 Å². The molecule has 0 aromatic carbocycles. The number of rotatable bonds is 2. The van der Waals surface area contributed by atoms with Gasteiger partial charge in [0.1, 0.15) is 6.29 Å². The van der Waals surface area contributed by atoms with Crippen LogP contribution in [0.3, 0.4) is 0 Å². The van der Waals surface area contributed by atoms with Crippen LogP contribution < -0.4 is 0 Å². The number of hydrogen-bond donors (Lipinski definition) is 0. The van der Waals surface area contributed by atoms with Crippen LogP contribution in [0.1, 0.15) is 16.7 Å². The zero-order valence-electron chi connectivity index (χ0n) is 6.93. The summed E-state index contributed by atoms with van der Waals surface area (Å²) in [6, 6.07) is 2.02. The van der Waals surface area contributed by atoms with Crippen molar-refractivity contribution in [2.75, 3.05) is 0 Å². The number of allylic oxidation sites excluding steroid dienone is 1. The van der Waals surface area contributed by atoms with E-state index in [2.05, 4.69) is 15.9 Å². The Morgan fingerprint density at radius 3 is 2.75 bits per heavy atom. The van der Waals surface area contributed by atoms with Crippen LogP contribution >= 0.6 is 27.3 Å². The van der Waals surface area contributed by atoms with E-state index in [1.165, 1.54) is 4.88 Å². The number of hydrogen-bond acceptors (Lipinski definition) is 2. The minimum absolute atomic E-state index is 0.753. The molecule has 12 heavy (non-hydrogen) atoms. The Balaban J connectivity index is 2.97. The molecule has 0 N–H and O–H groups in total. The fourth-order valence-corrected chi connectivity index (χ4v) is 2.38. The molecule has 0 aliphatic heterocycles. The Morgan fingerprint density at radius 1 is 1.67 bits per heavy atom. The molecule has 0 radical (unpaired) electrons. The number of aldehydes is 1. The maximum Gasteiger partial charge on any atom is 0.145 e. The lowest BCUT2D eigenvalue weighted by Crippen LogP contribution is -1.72.